The van der Waals surface area contributed by atoms with Gasteiger partial charge in [0.05, 0.1) is 0 Å². The molecule has 0 bridgehead atoms. The van der Waals surface area contributed by atoms with E-state index in [4.69, 9.17) is 0 Å². The van der Waals surface area contributed by atoms with Crippen molar-refractivity contribution in [2.24, 2.45) is 0 Å². The molecule has 0 saturated heterocycles. The van der Waals surface area contributed by atoms with Crippen molar-refractivity contribution in [2.45, 2.75) is 0 Å². The van der Waals surface area contributed by atoms with E-state index in [9.17, 15) is 4.79 Å². The molecule has 0 saturated carbocycles. The average Bonchev–Trinajstić information content (AvgIpc) is 2.38. The van der Waals surface area contributed by atoms with E-state index in [1.54, 1.807) is 0 Å². The van der Waals surface area contributed by atoms with E-state index in [0.29, 0.717) is 6.16 Å². The average molecular weight is 228 g/mol. The van der Waals surface area contributed by atoms with Crippen molar-refractivity contribution in [1.29, 1.82) is 0 Å². The van der Waals surface area contributed by atoms with Gasteiger partial charge in [-0.15, -0.1) is 0 Å². The van der Waals surface area contributed by atoms with Gasteiger partial charge >= 0.3 is 0 Å². The lowest BCUT2D eigenvalue weighted by Crippen LogP contribution is -2.14. The van der Waals surface area contributed by atoms with Gasteiger partial charge in [0.15, 0.2) is 0 Å². The van der Waals surface area contributed by atoms with E-state index in [0.717, 1.165) is 6.29 Å². The summed E-state index contributed by atoms with van der Waals surface area (Å²) in [7, 11) is -0.519. The fourth-order valence-corrected chi connectivity index (χ4v) is 3.58. The van der Waals surface area contributed by atoms with E-state index < -0.39 is 7.92 Å². The normalized spacial score (nSPS) is 10.3. The Labute approximate surface area is 96.9 Å². The molecule has 0 fully saturated rings. The molecule has 0 N–H and O–H groups in total. The molecular weight excluding hydrogens is 215 g/mol. The molecule has 16 heavy (non-hydrogen) atoms. The van der Waals surface area contributed by atoms with Crippen LogP contribution in [0.1, 0.15) is 0 Å². The Morgan fingerprint density at radius 3 is 1.62 bits per heavy atom. The molecule has 0 aliphatic carbocycles. The van der Waals surface area contributed by atoms with Gasteiger partial charge in [0.25, 0.3) is 0 Å². The highest BCUT2D eigenvalue weighted by Crippen LogP contribution is 2.31. The van der Waals surface area contributed by atoms with Gasteiger partial charge in [-0.05, 0) is 18.5 Å². The van der Waals surface area contributed by atoms with Crippen molar-refractivity contribution in [1.82, 2.24) is 0 Å². The fourth-order valence-electron chi connectivity index (χ4n) is 1.65. The molecule has 0 amide bonds. The lowest BCUT2D eigenvalue weighted by molar-refractivity contribution is -0.105. The molecule has 2 aromatic carbocycles. The van der Waals surface area contributed by atoms with E-state index in [2.05, 4.69) is 24.3 Å². The first-order valence-corrected chi connectivity index (χ1v) is 6.76. The highest BCUT2D eigenvalue weighted by Gasteiger charge is 2.11. The summed E-state index contributed by atoms with van der Waals surface area (Å²) in [5.41, 5.74) is 0. The lowest BCUT2D eigenvalue weighted by Gasteiger charge is -2.15. The van der Waals surface area contributed by atoms with Crippen LogP contribution < -0.4 is 10.6 Å². The summed E-state index contributed by atoms with van der Waals surface area (Å²) in [5, 5.41) is 2.52. The number of carbonyl (C=O) groups is 1. The number of hydrogen-bond acceptors (Lipinski definition) is 1. The molecule has 1 nitrogen and oxygen atoms in total. The highest BCUT2D eigenvalue weighted by atomic mass is 31.1. The molecule has 0 unspecified atom stereocenters. The first kappa shape index (κ1) is 11.0. The van der Waals surface area contributed by atoms with Gasteiger partial charge in [-0.2, -0.15) is 0 Å². The summed E-state index contributed by atoms with van der Waals surface area (Å²) < 4.78 is 0. The van der Waals surface area contributed by atoms with Crippen LogP contribution in [0.3, 0.4) is 0 Å². The maximum Gasteiger partial charge on any atom is 0.124 e. The number of hydrogen-bond donors (Lipinski definition) is 0. The molecule has 0 aliphatic rings. The Morgan fingerprint density at radius 2 is 1.25 bits per heavy atom. The smallest absolute Gasteiger partial charge is 0.124 e. The van der Waals surface area contributed by atoms with E-state index >= 15 is 0 Å². The Kier molecular flexibility index (Phi) is 3.85. The van der Waals surface area contributed by atoms with E-state index in [1.165, 1.54) is 10.6 Å². The number of benzene rings is 2. The summed E-state index contributed by atoms with van der Waals surface area (Å²) >= 11 is 0. The first-order chi connectivity index (χ1) is 7.92. The van der Waals surface area contributed by atoms with E-state index in [-0.39, 0.29) is 0 Å². The quantitative estimate of drug-likeness (QED) is 0.579. The van der Waals surface area contributed by atoms with Gasteiger partial charge in [-0.25, -0.2) is 0 Å². The predicted octanol–water partition coefficient (Wildman–Crippen LogP) is 2.32. The zero-order chi connectivity index (χ0) is 11.2. The maximum atomic E-state index is 10.8. The Hall–Kier alpha value is -1.46. The molecule has 0 aromatic heterocycles. The SMILES string of the molecule is O=CCP(c1ccccc1)c1ccccc1. The zero-order valence-electron chi connectivity index (χ0n) is 8.91. The Bertz CT molecular complexity index is 399. The summed E-state index contributed by atoms with van der Waals surface area (Å²) in [5.74, 6) is 0. The summed E-state index contributed by atoms with van der Waals surface area (Å²) in [6.07, 6.45) is 1.62. The van der Waals surface area contributed by atoms with Crippen LogP contribution in [-0.4, -0.2) is 12.4 Å². The Balaban J connectivity index is 2.35. The molecular formula is C14H13OP. The van der Waals surface area contributed by atoms with Crippen molar-refractivity contribution in [2.75, 3.05) is 6.16 Å². The fraction of sp³-hybridized carbons (Fsp3) is 0.0714. The minimum absolute atomic E-state index is 0.519. The first-order valence-electron chi connectivity index (χ1n) is 5.23. The zero-order valence-corrected chi connectivity index (χ0v) is 9.81. The van der Waals surface area contributed by atoms with Crippen molar-refractivity contribution < 1.29 is 4.79 Å². The van der Waals surface area contributed by atoms with E-state index in [1.807, 2.05) is 36.4 Å². The second-order valence-corrected chi connectivity index (χ2v) is 5.70. The highest BCUT2D eigenvalue weighted by molar-refractivity contribution is 7.73. The van der Waals surface area contributed by atoms with Gasteiger partial charge in [-0.3, -0.25) is 0 Å². The van der Waals surface area contributed by atoms with Crippen LogP contribution in [0.5, 0.6) is 0 Å². The van der Waals surface area contributed by atoms with Gasteiger partial charge in [-0.1, -0.05) is 60.7 Å². The molecule has 2 heteroatoms. The summed E-state index contributed by atoms with van der Waals surface area (Å²) in [4.78, 5) is 10.8. The summed E-state index contributed by atoms with van der Waals surface area (Å²) in [6.45, 7) is 0. The molecule has 0 atom stereocenters. The van der Waals surface area contributed by atoms with Gasteiger partial charge in [0.1, 0.15) is 6.29 Å². The topological polar surface area (TPSA) is 17.1 Å². The van der Waals surface area contributed by atoms with Crippen LogP contribution in [0, 0.1) is 0 Å². The third-order valence-electron chi connectivity index (χ3n) is 2.39. The van der Waals surface area contributed by atoms with Crippen molar-refractivity contribution in [3.63, 3.8) is 0 Å². The standard InChI is InChI=1S/C14H13OP/c15-11-12-16(13-7-3-1-4-8-13)14-9-5-2-6-10-14/h1-11H,12H2. The van der Waals surface area contributed by atoms with Crippen LogP contribution in [0.15, 0.2) is 60.7 Å². The predicted molar refractivity (Wildman–Crippen MR) is 70.0 cm³/mol. The Morgan fingerprint density at radius 1 is 0.812 bits per heavy atom. The molecule has 2 aromatic rings. The number of rotatable bonds is 4. The van der Waals surface area contributed by atoms with Crippen LogP contribution in [0.2, 0.25) is 0 Å². The lowest BCUT2D eigenvalue weighted by atomic mass is 10.4. The van der Waals surface area contributed by atoms with Crippen LogP contribution in [0.25, 0.3) is 0 Å². The largest absolute Gasteiger partial charge is 0.303 e. The summed E-state index contributed by atoms with van der Waals surface area (Å²) in [6, 6.07) is 20.5. The van der Waals surface area contributed by atoms with Crippen LogP contribution >= 0.6 is 7.92 Å². The van der Waals surface area contributed by atoms with Gasteiger partial charge in [0, 0.05) is 6.16 Å². The second kappa shape index (κ2) is 5.58. The van der Waals surface area contributed by atoms with Crippen LogP contribution in [-0.2, 0) is 4.79 Å². The second-order valence-electron chi connectivity index (χ2n) is 3.45. The molecule has 0 radical (unpaired) electrons. The van der Waals surface area contributed by atoms with Crippen molar-refractivity contribution in [3.8, 4) is 0 Å². The molecule has 0 spiro atoms. The van der Waals surface area contributed by atoms with Gasteiger partial charge < -0.3 is 4.79 Å². The third-order valence-corrected chi connectivity index (χ3v) is 4.75. The van der Waals surface area contributed by atoms with Gasteiger partial charge in [0.2, 0.25) is 0 Å². The monoisotopic (exact) mass is 228 g/mol. The molecule has 80 valence electrons. The van der Waals surface area contributed by atoms with Crippen molar-refractivity contribution in [3.05, 3.63) is 60.7 Å². The van der Waals surface area contributed by atoms with Crippen molar-refractivity contribution >= 4 is 24.8 Å². The third kappa shape index (κ3) is 2.56. The minimum Gasteiger partial charge on any atom is -0.303 e. The molecule has 2 rings (SSSR count). The number of aldehydes is 1. The molecule has 0 heterocycles. The molecule has 0 aliphatic heterocycles. The minimum atomic E-state index is -0.519. The van der Waals surface area contributed by atoms with Crippen LogP contribution in [0.4, 0.5) is 0 Å². The maximum absolute atomic E-state index is 10.8. The number of carbonyl (C=O) groups excluding carboxylic acids is 1.